The SMILES string of the molecule is CCCCCOP(=O)([O-])OC.[Na+]. The maximum atomic E-state index is 10.5. The average Bonchev–Trinajstić information content (AvgIpc) is 1.99. The van der Waals surface area contributed by atoms with Gasteiger partial charge in [0.05, 0.1) is 6.61 Å². The van der Waals surface area contributed by atoms with Crippen molar-refractivity contribution in [2.24, 2.45) is 0 Å². The molecule has 0 fully saturated rings. The molecule has 0 aliphatic rings. The van der Waals surface area contributed by atoms with Crippen molar-refractivity contribution in [2.75, 3.05) is 13.7 Å². The van der Waals surface area contributed by atoms with Gasteiger partial charge in [0.1, 0.15) is 0 Å². The van der Waals surface area contributed by atoms with Crippen molar-refractivity contribution >= 4 is 7.82 Å². The minimum atomic E-state index is -3.96. The maximum absolute atomic E-state index is 10.5. The van der Waals surface area contributed by atoms with Crippen molar-refractivity contribution < 1.29 is 48.1 Å². The molecule has 0 aliphatic carbocycles. The molecule has 1 unspecified atom stereocenters. The predicted octanol–water partition coefficient (Wildman–Crippen LogP) is -1.69. The number of hydrogen-bond donors (Lipinski definition) is 0. The molecule has 0 N–H and O–H groups in total. The van der Waals surface area contributed by atoms with Gasteiger partial charge < -0.3 is 13.9 Å². The summed E-state index contributed by atoms with van der Waals surface area (Å²) in [6.07, 6.45) is 2.77. The first-order valence-corrected chi connectivity index (χ1v) is 5.09. The molecular weight excluding hydrogens is 190 g/mol. The Hall–Kier alpha value is 1.11. The van der Waals surface area contributed by atoms with Crippen LogP contribution in [0, 0.1) is 0 Å². The third-order valence-corrected chi connectivity index (χ3v) is 2.17. The molecule has 0 saturated heterocycles. The van der Waals surface area contributed by atoms with Crippen LogP contribution >= 0.6 is 7.82 Å². The smallest absolute Gasteiger partial charge is 0.756 e. The first-order valence-electron chi connectivity index (χ1n) is 3.63. The van der Waals surface area contributed by atoms with Crippen molar-refractivity contribution in [3.63, 3.8) is 0 Å². The number of rotatable bonds is 6. The zero-order valence-electron chi connectivity index (χ0n) is 7.91. The van der Waals surface area contributed by atoms with Crippen LogP contribution in [0.3, 0.4) is 0 Å². The summed E-state index contributed by atoms with van der Waals surface area (Å²) in [4.78, 5) is 10.5. The van der Waals surface area contributed by atoms with Gasteiger partial charge in [0, 0.05) is 7.11 Å². The van der Waals surface area contributed by atoms with Crippen LogP contribution in [0.1, 0.15) is 26.2 Å². The molecule has 0 aromatic carbocycles. The Morgan fingerprint density at radius 2 is 2.00 bits per heavy atom. The normalized spacial score (nSPS) is 14.9. The largest absolute Gasteiger partial charge is 1.00 e. The topological polar surface area (TPSA) is 58.6 Å². The van der Waals surface area contributed by atoms with Gasteiger partial charge in [0.15, 0.2) is 0 Å². The molecule has 68 valence electrons. The van der Waals surface area contributed by atoms with Gasteiger partial charge in [-0.3, -0.25) is 4.57 Å². The van der Waals surface area contributed by atoms with E-state index >= 15 is 0 Å². The zero-order chi connectivity index (χ0) is 8.74. The van der Waals surface area contributed by atoms with Gasteiger partial charge in [0.25, 0.3) is 7.82 Å². The predicted molar refractivity (Wildman–Crippen MR) is 40.1 cm³/mol. The quantitative estimate of drug-likeness (QED) is 0.294. The number of hydrogen-bond acceptors (Lipinski definition) is 4. The average molecular weight is 204 g/mol. The molecule has 0 bridgehead atoms. The Labute approximate surface area is 95.5 Å². The van der Waals surface area contributed by atoms with Crippen LogP contribution in [-0.4, -0.2) is 13.7 Å². The van der Waals surface area contributed by atoms with Gasteiger partial charge in [-0.2, -0.15) is 0 Å². The van der Waals surface area contributed by atoms with Crippen molar-refractivity contribution in [1.29, 1.82) is 0 Å². The Kier molecular flexibility index (Phi) is 11.3. The van der Waals surface area contributed by atoms with Crippen LogP contribution in [0.4, 0.5) is 0 Å². The third-order valence-electron chi connectivity index (χ3n) is 1.22. The van der Waals surface area contributed by atoms with Gasteiger partial charge in [-0.05, 0) is 6.42 Å². The van der Waals surface area contributed by atoms with Crippen LogP contribution < -0.4 is 34.5 Å². The Morgan fingerprint density at radius 3 is 2.42 bits per heavy atom. The molecule has 6 heteroatoms. The number of phosphoric acid groups is 1. The first kappa shape index (κ1) is 15.6. The second kappa shape index (κ2) is 8.70. The van der Waals surface area contributed by atoms with Crippen LogP contribution in [0.25, 0.3) is 0 Å². The summed E-state index contributed by atoms with van der Waals surface area (Å²) in [5.74, 6) is 0. The van der Waals surface area contributed by atoms with E-state index in [1.807, 2.05) is 6.92 Å². The van der Waals surface area contributed by atoms with E-state index in [1.165, 1.54) is 0 Å². The minimum absolute atomic E-state index is 0. The van der Waals surface area contributed by atoms with Crippen molar-refractivity contribution in [3.8, 4) is 0 Å². The summed E-state index contributed by atoms with van der Waals surface area (Å²) in [6, 6.07) is 0. The Balaban J connectivity index is 0. The number of phosphoric ester groups is 1. The molecule has 1 atom stereocenters. The summed E-state index contributed by atoms with van der Waals surface area (Å²) < 4.78 is 19.1. The summed E-state index contributed by atoms with van der Waals surface area (Å²) in [5.41, 5.74) is 0. The minimum Gasteiger partial charge on any atom is -0.756 e. The van der Waals surface area contributed by atoms with E-state index in [9.17, 15) is 9.46 Å². The van der Waals surface area contributed by atoms with Crippen molar-refractivity contribution in [1.82, 2.24) is 0 Å². The molecule has 0 spiro atoms. The summed E-state index contributed by atoms with van der Waals surface area (Å²) in [5, 5.41) is 0. The molecule has 0 aliphatic heterocycles. The Morgan fingerprint density at radius 1 is 1.42 bits per heavy atom. The number of unbranched alkanes of at least 4 members (excludes halogenated alkanes) is 2. The van der Waals surface area contributed by atoms with Crippen LogP contribution in [0.2, 0.25) is 0 Å². The van der Waals surface area contributed by atoms with Crippen molar-refractivity contribution in [3.05, 3.63) is 0 Å². The van der Waals surface area contributed by atoms with E-state index < -0.39 is 7.82 Å². The van der Waals surface area contributed by atoms with E-state index in [0.717, 1.165) is 26.4 Å². The van der Waals surface area contributed by atoms with E-state index in [2.05, 4.69) is 9.05 Å². The monoisotopic (exact) mass is 204 g/mol. The van der Waals surface area contributed by atoms with E-state index in [0.29, 0.717) is 0 Å². The standard InChI is InChI=1S/C6H15O4P.Na/c1-3-4-5-6-10-11(7,8)9-2;/h3-6H2,1-2H3,(H,7,8);/q;+1/p-1. The molecule has 0 aromatic rings. The molecule has 12 heavy (non-hydrogen) atoms. The summed E-state index contributed by atoms with van der Waals surface area (Å²) in [6.45, 7) is 2.26. The van der Waals surface area contributed by atoms with Gasteiger partial charge in [-0.25, -0.2) is 0 Å². The van der Waals surface area contributed by atoms with Gasteiger partial charge in [-0.1, -0.05) is 19.8 Å². The van der Waals surface area contributed by atoms with E-state index in [1.54, 1.807) is 0 Å². The fourth-order valence-corrected chi connectivity index (χ4v) is 1.04. The fraction of sp³-hybridized carbons (Fsp3) is 1.00. The van der Waals surface area contributed by atoms with E-state index in [4.69, 9.17) is 0 Å². The zero-order valence-corrected chi connectivity index (χ0v) is 10.8. The Bertz CT molecular complexity index is 142. The maximum Gasteiger partial charge on any atom is 1.00 e. The molecule has 0 rings (SSSR count). The van der Waals surface area contributed by atoms with Crippen LogP contribution in [0.15, 0.2) is 0 Å². The molecular formula is C6H14NaO4P. The first-order chi connectivity index (χ1) is 5.12. The van der Waals surface area contributed by atoms with Crippen molar-refractivity contribution in [2.45, 2.75) is 26.2 Å². The molecule has 0 saturated carbocycles. The second-order valence-corrected chi connectivity index (χ2v) is 3.69. The summed E-state index contributed by atoms with van der Waals surface area (Å²) in [7, 11) is -2.87. The van der Waals surface area contributed by atoms with Crippen LogP contribution in [0.5, 0.6) is 0 Å². The van der Waals surface area contributed by atoms with Gasteiger partial charge >= 0.3 is 29.6 Å². The molecule has 0 heterocycles. The van der Waals surface area contributed by atoms with Gasteiger partial charge in [-0.15, -0.1) is 0 Å². The van der Waals surface area contributed by atoms with Gasteiger partial charge in [0.2, 0.25) is 0 Å². The second-order valence-electron chi connectivity index (χ2n) is 2.17. The fourth-order valence-electron chi connectivity index (χ4n) is 0.581. The van der Waals surface area contributed by atoms with E-state index in [-0.39, 0.29) is 36.2 Å². The molecule has 0 amide bonds. The van der Waals surface area contributed by atoms with Crippen LogP contribution in [-0.2, 0) is 13.6 Å². The molecule has 0 aromatic heterocycles. The molecule has 0 radical (unpaired) electrons. The molecule has 4 nitrogen and oxygen atoms in total. The third kappa shape index (κ3) is 9.20. The summed E-state index contributed by atoms with van der Waals surface area (Å²) >= 11 is 0.